The zero-order valence-corrected chi connectivity index (χ0v) is 10.4. The molecule has 2 aromatic carbocycles. The van der Waals surface area contributed by atoms with E-state index in [-0.39, 0.29) is 5.56 Å². The van der Waals surface area contributed by atoms with Crippen LogP contribution in [0.4, 0.5) is 15.8 Å². The van der Waals surface area contributed by atoms with E-state index in [1.165, 1.54) is 12.1 Å². The van der Waals surface area contributed by atoms with Gasteiger partial charge in [-0.3, -0.25) is 0 Å². The van der Waals surface area contributed by atoms with Gasteiger partial charge >= 0.3 is 0 Å². The number of anilines is 2. The standard InChI is InChI=1S/C14H10ClFN2/c1-9-2-4-11(15)14(6-9)18-13-5-3-10(8-17)7-12(13)16/h2-7,18H,1H3. The Labute approximate surface area is 110 Å². The topological polar surface area (TPSA) is 35.8 Å². The van der Waals surface area contributed by atoms with Gasteiger partial charge in [-0.15, -0.1) is 0 Å². The summed E-state index contributed by atoms with van der Waals surface area (Å²) in [6, 6.07) is 11.6. The van der Waals surface area contributed by atoms with Gasteiger partial charge in [0.15, 0.2) is 0 Å². The summed E-state index contributed by atoms with van der Waals surface area (Å²) in [4.78, 5) is 0. The van der Waals surface area contributed by atoms with Crippen LogP contribution in [-0.4, -0.2) is 0 Å². The van der Waals surface area contributed by atoms with Gasteiger partial charge in [-0.2, -0.15) is 5.26 Å². The van der Waals surface area contributed by atoms with Gasteiger partial charge < -0.3 is 5.32 Å². The predicted octanol–water partition coefficient (Wildman–Crippen LogP) is 4.40. The van der Waals surface area contributed by atoms with Gasteiger partial charge in [-0.1, -0.05) is 17.7 Å². The molecule has 0 amide bonds. The highest BCUT2D eigenvalue weighted by Gasteiger charge is 2.06. The number of hydrogen-bond donors (Lipinski definition) is 1. The fourth-order valence-electron chi connectivity index (χ4n) is 1.57. The molecule has 0 aliphatic heterocycles. The number of aryl methyl sites for hydroxylation is 1. The first-order chi connectivity index (χ1) is 8.60. The Hall–Kier alpha value is -2.05. The van der Waals surface area contributed by atoms with Gasteiger partial charge in [0.1, 0.15) is 5.82 Å². The van der Waals surface area contributed by atoms with Crippen molar-refractivity contribution < 1.29 is 4.39 Å². The molecule has 18 heavy (non-hydrogen) atoms. The minimum Gasteiger partial charge on any atom is -0.352 e. The minimum absolute atomic E-state index is 0.286. The van der Waals surface area contributed by atoms with Crippen molar-refractivity contribution in [1.29, 1.82) is 5.26 Å². The number of hydrogen-bond acceptors (Lipinski definition) is 2. The number of nitrogens with zero attached hydrogens (tertiary/aromatic N) is 1. The van der Waals surface area contributed by atoms with Crippen LogP contribution in [0.25, 0.3) is 0 Å². The van der Waals surface area contributed by atoms with E-state index >= 15 is 0 Å². The maximum Gasteiger partial charge on any atom is 0.147 e. The van der Waals surface area contributed by atoms with E-state index in [1.807, 2.05) is 25.1 Å². The van der Waals surface area contributed by atoms with Crippen molar-refractivity contribution in [3.05, 3.63) is 58.4 Å². The first-order valence-electron chi connectivity index (χ1n) is 5.33. The summed E-state index contributed by atoms with van der Waals surface area (Å²) < 4.78 is 13.7. The Balaban J connectivity index is 2.34. The molecular formula is C14H10ClFN2. The van der Waals surface area contributed by atoms with Gasteiger partial charge in [-0.05, 0) is 42.8 Å². The molecule has 0 saturated heterocycles. The van der Waals surface area contributed by atoms with Crippen molar-refractivity contribution in [1.82, 2.24) is 0 Å². The molecule has 4 heteroatoms. The Morgan fingerprint density at radius 1 is 1.17 bits per heavy atom. The third-order valence-electron chi connectivity index (χ3n) is 2.49. The maximum atomic E-state index is 13.7. The second-order valence-electron chi connectivity index (χ2n) is 3.91. The Bertz CT molecular complexity index is 632. The van der Waals surface area contributed by atoms with Crippen LogP contribution in [-0.2, 0) is 0 Å². The van der Waals surface area contributed by atoms with E-state index in [2.05, 4.69) is 5.32 Å². The number of nitriles is 1. The van der Waals surface area contributed by atoms with Crippen LogP contribution < -0.4 is 5.32 Å². The molecule has 0 atom stereocenters. The second-order valence-corrected chi connectivity index (χ2v) is 4.32. The number of benzene rings is 2. The van der Waals surface area contributed by atoms with Crippen LogP contribution >= 0.6 is 11.6 Å². The van der Waals surface area contributed by atoms with E-state index in [0.717, 1.165) is 5.56 Å². The smallest absolute Gasteiger partial charge is 0.147 e. The lowest BCUT2D eigenvalue weighted by atomic mass is 10.2. The van der Waals surface area contributed by atoms with Gasteiger partial charge in [-0.25, -0.2) is 4.39 Å². The minimum atomic E-state index is -0.480. The lowest BCUT2D eigenvalue weighted by Crippen LogP contribution is -1.95. The zero-order valence-electron chi connectivity index (χ0n) is 9.67. The summed E-state index contributed by atoms with van der Waals surface area (Å²) in [5, 5.41) is 12.1. The van der Waals surface area contributed by atoms with Gasteiger partial charge in [0.2, 0.25) is 0 Å². The Morgan fingerprint density at radius 3 is 2.61 bits per heavy atom. The van der Waals surface area contributed by atoms with Gasteiger partial charge in [0, 0.05) is 0 Å². The predicted molar refractivity (Wildman–Crippen MR) is 70.6 cm³/mol. The molecule has 0 fully saturated rings. The summed E-state index contributed by atoms with van der Waals surface area (Å²) in [5.74, 6) is -0.480. The van der Waals surface area contributed by atoms with Crippen LogP contribution in [0.5, 0.6) is 0 Å². The van der Waals surface area contributed by atoms with Crippen molar-refractivity contribution in [2.24, 2.45) is 0 Å². The second kappa shape index (κ2) is 5.07. The lowest BCUT2D eigenvalue weighted by Gasteiger charge is -2.10. The summed E-state index contributed by atoms with van der Waals surface area (Å²) in [6.45, 7) is 1.93. The molecule has 2 nitrogen and oxygen atoms in total. The molecule has 0 bridgehead atoms. The average Bonchev–Trinajstić information content (AvgIpc) is 2.36. The van der Waals surface area contributed by atoms with E-state index in [1.54, 1.807) is 12.1 Å². The molecule has 2 rings (SSSR count). The largest absolute Gasteiger partial charge is 0.352 e. The fraction of sp³-hybridized carbons (Fsp3) is 0.0714. The quantitative estimate of drug-likeness (QED) is 0.869. The molecule has 0 heterocycles. The van der Waals surface area contributed by atoms with E-state index in [0.29, 0.717) is 16.4 Å². The van der Waals surface area contributed by atoms with Crippen LogP contribution in [0.15, 0.2) is 36.4 Å². The molecule has 90 valence electrons. The molecule has 1 N–H and O–H groups in total. The van der Waals surface area contributed by atoms with Gasteiger partial charge in [0.25, 0.3) is 0 Å². The van der Waals surface area contributed by atoms with Crippen LogP contribution in [0.3, 0.4) is 0 Å². The SMILES string of the molecule is Cc1ccc(Cl)c(Nc2ccc(C#N)cc2F)c1. The molecule has 0 spiro atoms. The number of nitrogens with one attached hydrogen (secondary N) is 1. The van der Waals surface area contributed by atoms with Crippen molar-refractivity contribution in [2.75, 3.05) is 5.32 Å². The lowest BCUT2D eigenvalue weighted by molar-refractivity contribution is 0.631. The first kappa shape index (κ1) is 12.4. The fourth-order valence-corrected chi connectivity index (χ4v) is 1.73. The van der Waals surface area contributed by atoms with Crippen molar-refractivity contribution >= 4 is 23.0 Å². The molecule has 0 unspecified atom stereocenters. The highest BCUT2D eigenvalue weighted by Crippen LogP contribution is 2.27. The van der Waals surface area contributed by atoms with E-state index < -0.39 is 5.82 Å². The first-order valence-corrected chi connectivity index (χ1v) is 5.71. The normalized spacial score (nSPS) is 9.89. The molecule has 0 aliphatic carbocycles. The summed E-state index contributed by atoms with van der Waals surface area (Å²) in [6.07, 6.45) is 0. The molecule has 0 radical (unpaired) electrons. The van der Waals surface area contributed by atoms with E-state index in [9.17, 15) is 4.39 Å². The van der Waals surface area contributed by atoms with Crippen LogP contribution in [0.1, 0.15) is 11.1 Å². The van der Waals surface area contributed by atoms with Crippen molar-refractivity contribution in [3.63, 3.8) is 0 Å². The molecule has 2 aromatic rings. The van der Waals surface area contributed by atoms with Crippen LogP contribution in [0, 0.1) is 24.1 Å². The number of halogens is 2. The summed E-state index contributed by atoms with van der Waals surface area (Å²) in [7, 11) is 0. The molecule has 0 aliphatic rings. The van der Waals surface area contributed by atoms with Crippen LogP contribution in [0.2, 0.25) is 5.02 Å². The highest BCUT2D eigenvalue weighted by atomic mass is 35.5. The molecule has 0 saturated carbocycles. The summed E-state index contributed by atoms with van der Waals surface area (Å²) in [5.41, 5.74) is 2.24. The Morgan fingerprint density at radius 2 is 1.94 bits per heavy atom. The Kier molecular flexibility index (Phi) is 3.50. The van der Waals surface area contributed by atoms with Crippen molar-refractivity contribution in [2.45, 2.75) is 6.92 Å². The third kappa shape index (κ3) is 2.61. The zero-order chi connectivity index (χ0) is 13.1. The average molecular weight is 261 g/mol. The summed E-state index contributed by atoms with van der Waals surface area (Å²) >= 11 is 6.02. The third-order valence-corrected chi connectivity index (χ3v) is 2.82. The molecule has 0 aromatic heterocycles. The molecular weight excluding hydrogens is 251 g/mol. The van der Waals surface area contributed by atoms with Crippen molar-refractivity contribution in [3.8, 4) is 6.07 Å². The van der Waals surface area contributed by atoms with Gasteiger partial charge in [0.05, 0.1) is 28.0 Å². The monoisotopic (exact) mass is 260 g/mol. The van der Waals surface area contributed by atoms with E-state index in [4.69, 9.17) is 16.9 Å². The number of rotatable bonds is 2. The highest BCUT2D eigenvalue weighted by molar-refractivity contribution is 6.33. The maximum absolute atomic E-state index is 13.7.